The van der Waals surface area contributed by atoms with Gasteiger partial charge in [-0.05, 0) is 13.0 Å². The normalized spacial score (nSPS) is 12.8. The molecule has 0 aliphatic carbocycles. The minimum absolute atomic E-state index is 0.224. The van der Waals surface area contributed by atoms with Crippen LogP contribution in [0.15, 0.2) is 24.4 Å². The van der Waals surface area contributed by atoms with E-state index in [2.05, 4.69) is 15.4 Å². The number of nitrogens with zero attached hydrogens (tertiary/aromatic N) is 3. The Balaban J connectivity index is 1.63. The van der Waals surface area contributed by atoms with Crippen LogP contribution in [0, 0.1) is 0 Å². The fourth-order valence-corrected chi connectivity index (χ4v) is 3.18. The third-order valence-corrected chi connectivity index (χ3v) is 4.29. The Labute approximate surface area is 129 Å². The summed E-state index contributed by atoms with van der Waals surface area (Å²) in [5.41, 5.74) is 1.28. The summed E-state index contributed by atoms with van der Waals surface area (Å²) in [7, 11) is 0. The second kappa shape index (κ2) is 4.99. The van der Waals surface area contributed by atoms with Gasteiger partial charge < -0.3 is 9.47 Å². The fourth-order valence-electron chi connectivity index (χ4n) is 2.31. The molecule has 0 fully saturated rings. The first kappa shape index (κ1) is 13.1. The number of aromatic nitrogens is 3. The van der Waals surface area contributed by atoms with E-state index in [0.29, 0.717) is 28.9 Å². The summed E-state index contributed by atoms with van der Waals surface area (Å²) < 4.78 is 13.2. The Morgan fingerprint density at radius 2 is 2.23 bits per heavy atom. The van der Waals surface area contributed by atoms with Crippen molar-refractivity contribution in [1.82, 2.24) is 14.8 Å². The van der Waals surface area contributed by atoms with Crippen LogP contribution in [0.2, 0.25) is 0 Å². The van der Waals surface area contributed by atoms with Gasteiger partial charge in [-0.2, -0.15) is 5.10 Å². The van der Waals surface area contributed by atoms with Gasteiger partial charge in [-0.1, -0.05) is 11.3 Å². The highest BCUT2D eigenvalue weighted by atomic mass is 32.1. The zero-order valence-corrected chi connectivity index (χ0v) is 12.5. The minimum atomic E-state index is -0.224. The summed E-state index contributed by atoms with van der Waals surface area (Å²) in [6, 6.07) is 5.38. The Morgan fingerprint density at radius 3 is 3.05 bits per heavy atom. The molecule has 0 unspecified atom stereocenters. The number of amides is 1. The zero-order valence-electron chi connectivity index (χ0n) is 11.7. The number of benzene rings is 1. The molecule has 0 saturated carbocycles. The monoisotopic (exact) mass is 316 g/mol. The van der Waals surface area contributed by atoms with Crippen molar-refractivity contribution in [2.75, 3.05) is 12.1 Å². The number of carbonyl (C=O) groups is 1. The Kier molecular flexibility index (Phi) is 2.97. The number of anilines is 1. The molecule has 8 heteroatoms. The number of aryl methyl sites for hydroxylation is 1. The van der Waals surface area contributed by atoms with Crippen molar-refractivity contribution < 1.29 is 14.3 Å². The SMILES string of the molecule is CCn1nccc1C(=O)Nc1nc2cc3c(cc2s1)OCO3. The number of nitrogens with one attached hydrogen (secondary N) is 1. The molecule has 112 valence electrons. The molecule has 1 aliphatic heterocycles. The lowest BCUT2D eigenvalue weighted by Gasteiger charge is -2.03. The van der Waals surface area contributed by atoms with Crippen molar-refractivity contribution in [3.63, 3.8) is 0 Å². The molecule has 3 heterocycles. The predicted molar refractivity (Wildman–Crippen MR) is 81.6 cm³/mol. The van der Waals surface area contributed by atoms with Crippen molar-refractivity contribution in [2.24, 2.45) is 0 Å². The number of hydrogen-bond donors (Lipinski definition) is 1. The summed E-state index contributed by atoms with van der Waals surface area (Å²) in [5.74, 6) is 1.16. The highest BCUT2D eigenvalue weighted by Gasteiger charge is 2.18. The molecule has 0 radical (unpaired) electrons. The lowest BCUT2D eigenvalue weighted by molar-refractivity contribution is 0.101. The van der Waals surface area contributed by atoms with Crippen LogP contribution in [0.25, 0.3) is 10.2 Å². The first-order chi connectivity index (χ1) is 10.7. The van der Waals surface area contributed by atoms with Crippen LogP contribution < -0.4 is 14.8 Å². The number of thiazole rings is 1. The van der Waals surface area contributed by atoms with E-state index in [1.807, 2.05) is 19.1 Å². The first-order valence-electron chi connectivity index (χ1n) is 6.78. The van der Waals surface area contributed by atoms with Crippen molar-refractivity contribution in [1.29, 1.82) is 0 Å². The predicted octanol–water partition coefficient (Wildman–Crippen LogP) is 2.49. The Morgan fingerprint density at radius 1 is 1.41 bits per heavy atom. The number of hydrogen-bond acceptors (Lipinski definition) is 6. The number of rotatable bonds is 3. The molecule has 1 aromatic carbocycles. The van der Waals surface area contributed by atoms with E-state index in [1.165, 1.54) is 11.3 Å². The van der Waals surface area contributed by atoms with Gasteiger partial charge in [0.15, 0.2) is 16.6 Å². The molecule has 1 aliphatic rings. The molecule has 2 aromatic heterocycles. The van der Waals surface area contributed by atoms with Crippen molar-refractivity contribution in [3.8, 4) is 11.5 Å². The quantitative estimate of drug-likeness (QED) is 0.803. The summed E-state index contributed by atoms with van der Waals surface area (Å²) in [5, 5.41) is 7.43. The molecule has 1 N–H and O–H groups in total. The van der Waals surface area contributed by atoms with Crippen LogP contribution in [-0.4, -0.2) is 27.5 Å². The topological polar surface area (TPSA) is 78.3 Å². The Bertz CT molecular complexity index is 829. The van der Waals surface area contributed by atoms with Crippen LogP contribution >= 0.6 is 11.3 Å². The van der Waals surface area contributed by atoms with Gasteiger partial charge in [0, 0.05) is 24.9 Å². The summed E-state index contributed by atoms with van der Waals surface area (Å²) in [6.45, 7) is 2.80. The number of fused-ring (bicyclic) bond motifs is 2. The van der Waals surface area contributed by atoms with E-state index in [1.54, 1.807) is 16.9 Å². The molecule has 0 saturated heterocycles. The maximum absolute atomic E-state index is 12.3. The third-order valence-electron chi connectivity index (χ3n) is 3.35. The van der Waals surface area contributed by atoms with Gasteiger partial charge in [0.25, 0.3) is 5.91 Å². The highest BCUT2D eigenvalue weighted by molar-refractivity contribution is 7.22. The molecule has 1 amide bonds. The van der Waals surface area contributed by atoms with E-state index < -0.39 is 0 Å². The molecule has 4 rings (SSSR count). The van der Waals surface area contributed by atoms with Crippen LogP contribution in [0.1, 0.15) is 17.4 Å². The Hall–Kier alpha value is -2.61. The maximum Gasteiger partial charge on any atom is 0.275 e. The molecule has 22 heavy (non-hydrogen) atoms. The van der Waals surface area contributed by atoms with E-state index in [0.717, 1.165) is 10.2 Å². The van der Waals surface area contributed by atoms with Crippen molar-refractivity contribution in [2.45, 2.75) is 13.5 Å². The van der Waals surface area contributed by atoms with Crippen molar-refractivity contribution >= 4 is 32.6 Å². The van der Waals surface area contributed by atoms with Crippen LogP contribution in [0.4, 0.5) is 5.13 Å². The first-order valence-corrected chi connectivity index (χ1v) is 7.59. The third kappa shape index (κ3) is 2.08. The van der Waals surface area contributed by atoms with Crippen LogP contribution in [-0.2, 0) is 6.54 Å². The molecule has 0 spiro atoms. The minimum Gasteiger partial charge on any atom is -0.454 e. The van der Waals surface area contributed by atoms with Gasteiger partial charge in [0.05, 0.1) is 10.2 Å². The summed E-state index contributed by atoms with van der Waals surface area (Å²) in [6.07, 6.45) is 1.61. The van der Waals surface area contributed by atoms with Crippen LogP contribution in [0.5, 0.6) is 11.5 Å². The standard InChI is InChI=1S/C14H12N4O3S/c1-2-18-9(3-4-15-18)13(19)17-14-16-8-5-10-11(21-7-20-10)6-12(8)22-14/h3-6H,2,7H2,1H3,(H,16,17,19). The molecule has 0 atom stereocenters. The smallest absolute Gasteiger partial charge is 0.275 e. The summed E-state index contributed by atoms with van der Waals surface area (Å²) >= 11 is 1.39. The second-order valence-corrected chi connectivity index (χ2v) is 5.71. The second-order valence-electron chi connectivity index (χ2n) is 4.68. The fraction of sp³-hybridized carbons (Fsp3) is 0.214. The van der Waals surface area contributed by atoms with Gasteiger partial charge in [-0.3, -0.25) is 14.8 Å². The zero-order chi connectivity index (χ0) is 15.1. The van der Waals surface area contributed by atoms with E-state index >= 15 is 0 Å². The van der Waals surface area contributed by atoms with E-state index in [4.69, 9.17) is 9.47 Å². The number of ether oxygens (including phenoxy) is 2. The van der Waals surface area contributed by atoms with Gasteiger partial charge in [-0.25, -0.2) is 4.98 Å². The maximum atomic E-state index is 12.3. The molecule has 3 aromatic rings. The highest BCUT2D eigenvalue weighted by Crippen LogP contribution is 2.38. The van der Waals surface area contributed by atoms with Gasteiger partial charge >= 0.3 is 0 Å². The average molecular weight is 316 g/mol. The molecule has 0 bridgehead atoms. The summed E-state index contributed by atoms with van der Waals surface area (Å²) in [4.78, 5) is 16.7. The van der Waals surface area contributed by atoms with Gasteiger partial charge in [0.1, 0.15) is 5.69 Å². The molecule has 7 nitrogen and oxygen atoms in total. The van der Waals surface area contributed by atoms with Crippen LogP contribution in [0.3, 0.4) is 0 Å². The van der Waals surface area contributed by atoms with E-state index in [9.17, 15) is 4.79 Å². The largest absolute Gasteiger partial charge is 0.454 e. The van der Waals surface area contributed by atoms with Gasteiger partial charge in [-0.15, -0.1) is 0 Å². The van der Waals surface area contributed by atoms with Gasteiger partial charge in [0.2, 0.25) is 6.79 Å². The lowest BCUT2D eigenvalue weighted by atomic mass is 10.3. The van der Waals surface area contributed by atoms with Crippen molar-refractivity contribution in [3.05, 3.63) is 30.1 Å². The average Bonchev–Trinajstić information content (AvgIpc) is 3.22. The lowest BCUT2D eigenvalue weighted by Crippen LogP contribution is -2.17. The molecular weight excluding hydrogens is 304 g/mol. The van der Waals surface area contributed by atoms with E-state index in [-0.39, 0.29) is 12.7 Å². The molecular formula is C14H12N4O3S. The number of carbonyl (C=O) groups excluding carboxylic acids is 1.